The summed E-state index contributed by atoms with van der Waals surface area (Å²) in [5, 5.41) is 6.45. The predicted octanol–water partition coefficient (Wildman–Crippen LogP) is 5.21. The van der Waals surface area contributed by atoms with Gasteiger partial charge < -0.3 is 4.90 Å². The number of hydrogen-bond acceptors (Lipinski definition) is 6. The number of carbonyl (C=O) groups is 1. The number of carbonyl (C=O) groups excluding carboxylic acids is 1. The van der Waals surface area contributed by atoms with E-state index in [1.807, 2.05) is 29.8 Å². The first kappa shape index (κ1) is 21.3. The second kappa shape index (κ2) is 9.49. The monoisotopic (exact) mass is 433 g/mol. The summed E-state index contributed by atoms with van der Waals surface area (Å²) in [6.45, 7) is 8.51. The molecule has 0 N–H and O–H groups in total. The molecule has 0 unspecified atom stereocenters. The van der Waals surface area contributed by atoms with Crippen molar-refractivity contribution >= 4 is 22.8 Å². The molecule has 4 rings (SSSR count). The lowest BCUT2D eigenvalue weighted by Crippen LogP contribution is -2.33. The summed E-state index contributed by atoms with van der Waals surface area (Å²) in [7, 11) is 0. The summed E-state index contributed by atoms with van der Waals surface area (Å²) in [6.07, 6.45) is 6.74. The second-order valence-corrected chi connectivity index (χ2v) is 8.53. The Labute approximate surface area is 186 Å². The fourth-order valence-electron chi connectivity index (χ4n) is 3.88. The largest absolute Gasteiger partial charge is 0.301 e. The third kappa shape index (κ3) is 4.57. The first-order valence-corrected chi connectivity index (χ1v) is 11.6. The van der Waals surface area contributed by atoms with E-state index in [0.29, 0.717) is 23.7 Å². The van der Waals surface area contributed by atoms with Crippen molar-refractivity contribution in [3.63, 3.8) is 0 Å². The molecule has 0 aliphatic heterocycles. The van der Waals surface area contributed by atoms with Crippen LogP contribution < -0.4 is 0 Å². The molecule has 0 bridgehead atoms. The van der Waals surface area contributed by atoms with Crippen LogP contribution in [0.25, 0.3) is 27.5 Å². The van der Waals surface area contributed by atoms with Crippen LogP contribution in [0.2, 0.25) is 0 Å². The van der Waals surface area contributed by atoms with Crippen LogP contribution in [0.3, 0.4) is 0 Å². The van der Waals surface area contributed by atoms with Crippen LogP contribution in [0.5, 0.6) is 0 Å². The highest BCUT2D eigenvalue weighted by atomic mass is 32.1. The van der Waals surface area contributed by atoms with Crippen LogP contribution in [-0.2, 0) is 0 Å². The van der Waals surface area contributed by atoms with E-state index in [1.54, 1.807) is 34.3 Å². The Balaban J connectivity index is 1.57. The number of pyridine rings is 1. The Morgan fingerprint density at radius 1 is 1.19 bits per heavy atom. The number of Topliss-reactive ketones (excluding diaryl/α,β-unsaturated/α-hetero) is 1. The number of nitrogens with zero attached hydrogens (tertiary/aromatic N) is 5. The highest BCUT2D eigenvalue weighted by molar-refractivity contribution is 7.13. The SMILES string of the molecule is CCN(CC)[C@@H](C)CCC(=O)c1ccnc(-c2cnn3ccc(-c4cccs4)nc23)c1. The van der Waals surface area contributed by atoms with Crippen molar-refractivity contribution in [2.45, 2.75) is 39.7 Å². The molecular formula is C24H27N5OS. The Morgan fingerprint density at radius 2 is 2.03 bits per heavy atom. The summed E-state index contributed by atoms with van der Waals surface area (Å²) in [6, 6.07) is 10.1. The van der Waals surface area contributed by atoms with Crippen LogP contribution in [0, 0.1) is 0 Å². The first-order valence-electron chi connectivity index (χ1n) is 10.7. The van der Waals surface area contributed by atoms with Gasteiger partial charge in [0.25, 0.3) is 0 Å². The van der Waals surface area contributed by atoms with Crippen LogP contribution in [0.15, 0.2) is 54.3 Å². The molecule has 160 valence electrons. The molecule has 0 aromatic carbocycles. The summed E-state index contributed by atoms with van der Waals surface area (Å²) in [5.74, 6) is 0.145. The topological polar surface area (TPSA) is 63.4 Å². The summed E-state index contributed by atoms with van der Waals surface area (Å²) >= 11 is 1.65. The molecule has 1 atom stereocenters. The van der Waals surface area contributed by atoms with E-state index in [-0.39, 0.29) is 5.78 Å². The maximum atomic E-state index is 12.9. The smallest absolute Gasteiger partial charge is 0.165 e. The molecule has 0 spiro atoms. The lowest BCUT2D eigenvalue weighted by atomic mass is 10.0. The molecular weight excluding hydrogens is 406 g/mol. The van der Waals surface area contributed by atoms with Gasteiger partial charge in [-0.05, 0) is 56.1 Å². The van der Waals surface area contributed by atoms with E-state index in [4.69, 9.17) is 4.98 Å². The van der Waals surface area contributed by atoms with Gasteiger partial charge >= 0.3 is 0 Å². The maximum Gasteiger partial charge on any atom is 0.165 e. The molecule has 4 aromatic heterocycles. The van der Waals surface area contributed by atoms with Crippen LogP contribution in [-0.4, -0.2) is 49.4 Å². The summed E-state index contributed by atoms with van der Waals surface area (Å²) < 4.78 is 1.74. The van der Waals surface area contributed by atoms with Crippen molar-refractivity contribution < 1.29 is 4.79 Å². The number of aromatic nitrogens is 4. The number of hydrogen-bond donors (Lipinski definition) is 0. The number of fused-ring (bicyclic) bond motifs is 1. The van der Waals surface area contributed by atoms with Crippen molar-refractivity contribution in [2.75, 3.05) is 13.1 Å². The van der Waals surface area contributed by atoms with Gasteiger partial charge in [-0.15, -0.1) is 11.3 Å². The molecule has 0 aliphatic carbocycles. The zero-order valence-corrected chi connectivity index (χ0v) is 19.0. The zero-order valence-electron chi connectivity index (χ0n) is 18.2. The molecule has 0 aliphatic rings. The molecule has 7 heteroatoms. The fraction of sp³-hybridized carbons (Fsp3) is 0.333. The third-order valence-electron chi connectivity index (χ3n) is 5.73. The molecule has 31 heavy (non-hydrogen) atoms. The lowest BCUT2D eigenvalue weighted by molar-refractivity contribution is 0.0964. The van der Waals surface area contributed by atoms with Gasteiger partial charge in [0.15, 0.2) is 11.4 Å². The fourth-order valence-corrected chi connectivity index (χ4v) is 4.57. The summed E-state index contributed by atoms with van der Waals surface area (Å²) in [4.78, 5) is 25.7. The Hall–Kier alpha value is -2.90. The highest BCUT2D eigenvalue weighted by Gasteiger charge is 2.16. The number of thiophene rings is 1. The highest BCUT2D eigenvalue weighted by Crippen LogP contribution is 2.27. The van der Waals surface area contributed by atoms with Crippen molar-refractivity contribution in [1.82, 2.24) is 24.5 Å². The number of rotatable bonds is 9. The van der Waals surface area contributed by atoms with E-state index < -0.39 is 0 Å². The van der Waals surface area contributed by atoms with Crippen molar-refractivity contribution in [3.05, 3.63) is 59.9 Å². The van der Waals surface area contributed by atoms with E-state index in [0.717, 1.165) is 41.3 Å². The predicted molar refractivity (Wildman–Crippen MR) is 125 cm³/mol. The summed E-state index contributed by atoms with van der Waals surface area (Å²) in [5.41, 5.74) is 3.86. The maximum absolute atomic E-state index is 12.9. The molecule has 0 fully saturated rings. The first-order chi connectivity index (χ1) is 15.1. The van der Waals surface area contributed by atoms with Gasteiger partial charge in [-0.2, -0.15) is 5.10 Å². The van der Waals surface area contributed by atoms with E-state index >= 15 is 0 Å². The molecule has 0 saturated carbocycles. The minimum absolute atomic E-state index is 0.145. The molecule has 4 aromatic rings. The van der Waals surface area contributed by atoms with Crippen LogP contribution in [0.4, 0.5) is 0 Å². The molecule has 0 amide bonds. The Bertz CT molecular complexity index is 1160. The Kier molecular flexibility index (Phi) is 6.53. The molecule has 6 nitrogen and oxygen atoms in total. The van der Waals surface area contributed by atoms with Gasteiger partial charge in [0, 0.05) is 30.4 Å². The average molecular weight is 434 g/mol. The molecule has 4 heterocycles. The lowest BCUT2D eigenvalue weighted by Gasteiger charge is -2.26. The van der Waals surface area contributed by atoms with Crippen molar-refractivity contribution in [1.29, 1.82) is 0 Å². The van der Waals surface area contributed by atoms with Crippen molar-refractivity contribution in [3.8, 4) is 21.8 Å². The molecule has 0 radical (unpaired) electrons. The van der Waals surface area contributed by atoms with E-state index in [9.17, 15) is 4.79 Å². The van der Waals surface area contributed by atoms with Gasteiger partial charge in [0.05, 0.1) is 28.0 Å². The van der Waals surface area contributed by atoms with Crippen molar-refractivity contribution in [2.24, 2.45) is 0 Å². The van der Waals surface area contributed by atoms with Gasteiger partial charge in [-0.1, -0.05) is 19.9 Å². The van der Waals surface area contributed by atoms with Crippen LogP contribution in [0.1, 0.15) is 44.0 Å². The van der Waals surface area contributed by atoms with E-state index in [2.05, 4.69) is 41.8 Å². The van der Waals surface area contributed by atoms with Gasteiger partial charge in [0.1, 0.15) is 0 Å². The zero-order chi connectivity index (χ0) is 21.8. The number of ketones is 1. The van der Waals surface area contributed by atoms with Gasteiger partial charge in [0.2, 0.25) is 0 Å². The van der Waals surface area contributed by atoms with Gasteiger partial charge in [-0.25, -0.2) is 9.50 Å². The quantitative estimate of drug-likeness (QED) is 0.339. The standard InChI is InChI=1S/C24H27N5OS/c1-4-28(5-2)17(3)8-9-22(30)18-10-12-25-21(15-18)19-16-26-29-13-11-20(27-24(19)29)23-7-6-14-31-23/h6-7,10-17H,4-5,8-9H2,1-3H3/t17-/m0/s1. The molecule has 0 saturated heterocycles. The average Bonchev–Trinajstić information content (AvgIpc) is 3.48. The third-order valence-corrected chi connectivity index (χ3v) is 6.62. The normalized spacial score (nSPS) is 12.5. The minimum atomic E-state index is 0.145. The van der Waals surface area contributed by atoms with Gasteiger partial charge in [-0.3, -0.25) is 9.78 Å². The van der Waals surface area contributed by atoms with Crippen LogP contribution >= 0.6 is 11.3 Å². The second-order valence-electron chi connectivity index (χ2n) is 7.58. The Morgan fingerprint density at radius 3 is 2.77 bits per heavy atom. The minimum Gasteiger partial charge on any atom is -0.301 e. The van der Waals surface area contributed by atoms with E-state index in [1.165, 1.54) is 0 Å².